The summed E-state index contributed by atoms with van der Waals surface area (Å²) in [6.45, 7) is 6.63. The van der Waals surface area contributed by atoms with E-state index < -0.39 is 12.0 Å². The Kier molecular flexibility index (Phi) is 7.58. The number of Topliss-reactive ketones (excluding diaryl/α,β-unsaturated/α-hetero) is 1. The quantitative estimate of drug-likeness (QED) is 0.241. The van der Waals surface area contributed by atoms with Gasteiger partial charge in [0.1, 0.15) is 11.4 Å². The van der Waals surface area contributed by atoms with Crippen LogP contribution in [0.3, 0.4) is 0 Å². The van der Waals surface area contributed by atoms with E-state index in [0.29, 0.717) is 51.9 Å². The maximum Gasteiger partial charge on any atom is 0.573 e. The lowest BCUT2D eigenvalue weighted by atomic mass is 9.90. The summed E-state index contributed by atoms with van der Waals surface area (Å²) >= 11 is 1.17. The van der Waals surface area contributed by atoms with Gasteiger partial charge in [-0.1, -0.05) is 11.3 Å². The predicted molar refractivity (Wildman–Crippen MR) is 150 cm³/mol. The molecule has 4 aromatic rings. The van der Waals surface area contributed by atoms with Gasteiger partial charge in [0.2, 0.25) is 5.95 Å². The van der Waals surface area contributed by atoms with Gasteiger partial charge in [0.05, 0.1) is 21.3 Å². The summed E-state index contributed by atoms with van der Waals surface area (Å²) in [4.78, 5) is 36.2. The van der Waals surface area contributed by atoms with E-state index in [-0.39, 0.29) is 23.5 Å². The molecule has 9 nitrogen and oxygen atoms in total. The zero-order chi connectivity index (χ0) is 29.5. The lowest BCUT2D eigenvalue weighted by Gasteiger charge is -2.33. The number of rotatable bonds is 6. The number of piperidine rings is 1. The third-order valence-corrected chi connectivity index (χ3v) is 7.69. The first kappa shape index (κ1) is 28.7. The van der Waals surface area contributed by atoms with Crippen LogP contribution in [0.2, 0.25) is 0 Å². The average molecular weight is 590 g/mol. The number of nitrogens with one attached hydrogen (secondary N) is 1. The topological polar surface area (TPSA) is 98.6 Å². The van der Waals surface area contributed by atoms with Crippen molar-refractivity contribution in [2.75, 3.05) is 18.4 Å². The van der Waals surface area contributed by atoms with E-state index in [0.717, 1.165) is 18.4 Å². The standard InChI is InChI=1S/C28H30F3N5O4S/c1-27(2,3)40-26(38)36-11-9-16(10-12-36)13-22(37)17-5-8-21-20(14-17)32-24(35(21)4)34-25-33-19-7-6-18(15-23(19)41-25)39-28(29,30)31/h5-8,14-16H,9-13H2,1-4H3,(H,32,33,34). The SMILES string of the molecule is Cn1c(Nc2nc3ccc(OC(F)(F)F)cc3s2)nc2cc(C(=O)CC3CCN(C(=O)OC(C)(C)C)CC3)ccc21. The Labute approximate surface area is 238 Å². The van der Waals surface area contributed by atoms with Gasteiger partial charge in [-0.15, -0.1) is 13.2 Å². The number of ketones is 1. The van der Waals surface area contributed by atoms with Crippen molar-refractivity contribution in [2.24, 2.45) is 13.0 Å². The van der Waals surface area contributed by atoms with Gasteiger partial charge in [0.25, 0.3) is 0 Å². The maximum atomic E-state index is 13.1. The summed E-state index contributed by atoms with van der Waals surface area (Å²) in [6, 6.07) is 9.36. The number of halogens is 3. The van der Waals surface area contributed by atoms with Crippen molar-refractivity contribution < 1.29 is 32.2 Å². The molecule has 2 aromatic carbocycles. The fourth-order valence-electron chi connectivity index (χ4n) is 4.76. The fourth-order valence-corrected chi connectivity index (χ4v) is 5.65. The van der Waals surface area contributed by atoms with Crippen LogP contribution in [0.4, 0.5) is 29.0 Å². The molecule has 13 heteroatoms. The average Bonchev–Trinajstić information content (AvgIpc) is 3.41. The summed E-state index contributed by atoms with van der Waals surface area (Å²) in [5.41, 5.74) is 1.97. The molecule has 1 saturated heterocycles. The summed E-state index contributed by atoms with van der Waals surface area (Å²) in [7, 11) is 1.82. The summed E-state index contributed by atoms with van der Waals surface area (Å²) in [6.07, 6.45) is -3.24. The summed E-state index contributed by atoms with van der Waals surface area (Å²) in [5.74, 6) is 0.364. The Morgan fingerprint density at radius 3 is 2.46 bits per heavy atom. The number of nitrogens with zero attached hydrogens (tertiary/aromatic N) is 4. The van der Waals surface area contributed by atoms with Crippen LogP contribution in [0.25, 0.3) is 21.3 Å². The van der Waals surface area contributed by atoms with Crippen LogP contribution < -0.4 is 10.1 Å². The molecule has 41 heavy (non-hydrogen) atoms. The Bertz CT molecular complexity index is 1600. The van der Waals surface area contributed by atoms with E-state index in [1.165, 1.54) is 29.5 Å². The number of thiazole rings is 1. The molecule has 1 N–H and O–H groups in total. The second-order valence-corrected chi connectivity index (χ2v) is 12.1. The van der Waals surface area contributed by atoms with Gasteiger partial charge >= 0.3 is 12.5 Å². The molecule has 2 aromatic heterocycles. The van der Waals surface area contributed by atoms with Crippen molar-refractivity contribution in [3.05, 3.63) is 42.0 Å². The first-order valence-corrected chi connectivity index (χ1v) is 14.0. The van der Waals surface area contributed by atoms with Crippen molar-refractivity contribution in [1.82, 2.24) is 19.4 Å². The molecule has 1 fully saturated rings. The van der Waals surface area contributed by atoms with Crippen LogP contribution in [0.15, 0.2) is 36.4 Å². The summed E-state index contributed by atoms with van der Waals surface area (Å²) in [5, 5.41) is 3.58. The Hall–Kier alpha value is -3.87. The van der Waals surface area contributed by atoms with E-state index in [1.54, 1.807) is 17.0 Å². The highest BCUT2D eigenvalue weighted by Crippen LogP contribution is 2.33. The smallest absolute Gasteiger partial charge is 0.444 e. The number of anilines is 2. The molecule has 0 bridgehead atoms. The number of fused-ring (bicyclic) bond motifs is 2. The second-order valence-electron chi connectivity index (χ2n) is 11.1. The molecule has 3 heterocycles. The number of amides is 1. The molecule has 1 amide bonds. The van der Waals surface area contributed by atoms with Crippen molar-refractivity contribution >= 4 is 55.5 Å². The van der Waals surface area contributed by atoms with Crippen LogP contribution in [-0.2, 0) is 11.8 Å². The number of alkyl halides is 3. The molecule has 5 rings (SSSR count). The highest BCUT2D eigenvalue weighted by Gasteiger charge is 2.31. The number of benzene rings is 2. The number of carbonyl (C=O) groups excluding carboxylic acids is 2. The van der Waals surface area contributed by atoms with Crippen LogP contribution >= 0.6 is 11.3 Å². The van der Waals surface area contributed by atoms with Gasteiger partial charge in [0.15, 0.2) is 10.9 Å². The minimum absolute atomic E-state index is 0.0193. The van der Waals surface area contributed by atoms with Crippen molar-refractivity contribution in [3.8, 4) is 5.75 Å². The van der Waals surface area contributed by atoms with Gasteiger partial charge in [-0.25, -0.2) is 14.8 Å². The van der Waals surface area contributed by atoms with E-state index in [2.05, 4.69) is 20.0 Å². The van der Waals surface area contributed by atoms with E-state index in [1.807, 2.05) is 38.5 Å². The Morgan fingerprint density at radius 1 is 1.05 bits per heavy atom. The van der Waals surface area contributed by atoms with Crippen LogP contribution in [0.5, 0.6) is 5.75 Å². The van der Waals surface area contributed by atoms with Crippen LogP contribution in [-0.4, -0.2) is 56.4 Å². The van der Waals surface area contributed by atoms with Gasteiger partial charge in [0, 0.05) is 38.2 Å². The molecule has 0 atom stereocenters. The minimum Gasteiger partial charge on any atom is -0.444 e. The second kappa shape index (κ2) is 10.8. The molecule has 0 spiro atoms. The van der Waals surface area contributed by atoms with Crippen LogP contribution in [0.1, 0.15) is 50.4 Å². The number of carbonyl (C=O) groups is 2. The van der Waals surface area contributed by atoms with Crippen molar-refractivity contribution in [3.63, 3.8) is 0 Å². The number of likely N-dealkylation sites (tertiary alicyclic amines) is 1. The van der Waals surface area contributed by atoms with Crippen LogP contribution in [0, 0.1) is 5.92 Å². The largest absolute Gasteiger partial charge is 0.573 e. The van der Waals surface area contributed by atoms with Gasteiger partial charge < -0.3 is 24.3 Å². The molecule has 0 unspecified atom stereocenters. The number of aryl methyl sites for hydroxylation is 1. The number of hydrogen-bond donors (Lipinski definition) is 1. The predicted octanol–water partition coefficient (Wildman–Crippen LogP) is 7.05. The monoisotopic (exact) mass is 589 g/mol. The molecule has 0 radical (unpaired) electrons. The lowest BCUT2D eigenvalue weighted by molar-refractivity contribution is -0.274. The van der Waals surface area contributed by atoms with Gasteiger partial charge in [-0.3, -0.25) is 4.79 Å². The van der Waals surface area contributed by atoms with Crippen molar-refractivity contribution in [1.29, 1.82) is 0 Å². The van der Waals surface area contributed by atoms with E-state index >= 15 is 0 Å². The molecular formula is C28H30F3N5O4S. The Balaban J connectivity index is 1.24. The Morgan fingerprint density at radius 2 is 1.78 bits per heavy atom. The normalized spacial score (nSPS) is 15.0. The van der Waals surface area contributed by atoms with E-state index in [9.17, 15) is 22.8 Å². The minimum atomic E-state index is -4.77. The van der Waals surface area contributed by atoms with Gasteiger partial charge in [-0.2, -0.15) is 0 Å². The molecule has 1 aliphatic heterocycles. The maximum absolute atomic E-state index is 13.1. The highest BCUT2D eigenvalue weighted by molar-refractivity contribution is 7.22. The number of aromatic nitrogens is 3. The molecule has 1 aliphatic rings. The number of ether oxygens (including phenoxy) is 2. The first-order valence-electron chi connectivity index (χ1n) is 13.1. The lowest BCUT2D eigenvalue weighted by Crippen LogP contribution is -2.42. The first-order chi connectivity index (χ1) is 19.2. The summed E-state index contributed by atoms with van der Waals surface area (Å²) < 4.78 is 49.5. The number of hydrogen-bond acceptors (Lipinski definition) is 8. The third-order valence-electron chi connectivity index (χ3n) is 6.76. The molecular weight excluding hydrogens is 559 g/mol. The third kappa shape index (κ3) is 6.89. The fraction of sp³-hybridized carbons (Fsp3) is 0.429. The molecule has 0 saturated carbocycles. The zero-order valence-electron chi connectivity index (χ0n) is 23.0. The van der Waals surface area contributed by atoms with E-state index in [4.69, 9.17) is 4.74 Å². The zero-order valence-corrected chi connectivity index (χ0v) is 23.9. The molecule has 218 valence electrons. The van der Waals surface area contributed by atoms with Gasteiger partial charge in [-0.05, 0) is 69.9 Å². The van der Waals surface area contributed by atoms with Crippen molar-refractivity contribution in [2.45, 2.75) is 52.0 Å². The molecule has 0 aliphatic carbocycles. The highest BCUT2D eigenvalue weighted by atomic mass is 32.1. The number of imidazole rings is 1.